The summed E-state index contributed by atoms with van der Waals surface area (Å²) >= 11 is 6.21. The van der Waals surface area contributed by atoms with Gasteiger partial charge in [-0.3, -0.25) is 4.98 Å². The van der Waals surface area contributed by atoms with Gasteiger partial charge in [0.25, 0.3) is 0 Å². The van der Waals surface area contributed by atoms with Crippen molar-refractivity contribution in [3.63, 3.8) is 0 Å². The summed E-state index contributed by atoms with van der Waals surface area (Å²) in [6, 6.07) is 10.3. The van der Waals surface area contributed by atoms with E-state index in [1.54, 1.807) is 57.0 Å². The number of benzene rings is 2. The minimum atomic E-state index is -0.982. The number of rotatable bonds is 5. The van der Waals surface area contributed by atoms with Gasteiger partial charge in [0.1, 0.15) is 11.3 Å². The first-order chi connectivity index (χ1) is 14.5. The van der Waals surface area contributed by atoms with Gasteiger partial charge in [0.05, 0.1) is 17.7 Å². The van der Waals surface area contributed by atoms with Gasteiger partial charge >= 0.3 is 5.97 Å². The van der Waals surface area contributed by atoms with E-state index in [-0.39, 0.29) is 5.56 Å². The summed E-state index contributed by atoms with van der Waals surface area (Å²) < 4.78 is 5.61. The van der Waals surface area contributed by atoms with Crippen molar-refractivity contribution in [1.29, 1.82) is 0 Å². The van der Waals surface area contributed by atoms with Crippen molar-refractivity contribution in [2.75, 3.05) is 19.5 Å². The van der Waals surface area contributed by atoms with Gasteiger partial charge in [0.2, 0.25) is 5.95 Å². The monoisotopic (exact) mass is 420 g/mol. The quantitative estimate of drug-likeness (QED) is 0.480. The maximum atomic E-state index is 11.2. The molecule has 0 radical (unpaired) electrons. The molecule has 0 aliphatic rings. The molecule has 0 aliphatic carbocycles. The number of carboxylic acids is 1. The van der Waals surface area contributed by atoms with E-state index in [0.717, 1.165) is 27.6 Å². The molecule has 150 valence electrons. The third-order valence-electron chi connectivity index (χ3n) is 4.72. The maximum absolute atomic E-state index is 11.2. The van der Waals surface area contributed by atoms with Crippen LogP contribution in [0, 0.1) is 0 Å². The largest absolute Gasteiger partial charge is 0.494 e. The zero-order chi connectivity index (χ0) is 21.3. The number of nitrogens with one attached hydrogen (secondary N) is 1. The molecule has 2 N–H and O–H groups in total. The molecule has 0 aliphatic heterocycles. The van der Waals surface area contributed by atoms with Crippen LogP contribution >= 0.6 is 11.6 Å². The number of pyridine rings is 1. The highest BCUT2D eigenvalue weighted by Crippen LogP contribution is 2.42. The second-order valence-corrected chi connectivity index (χ2v) is 6.92. The molecule has 0 saturated carbocycles. The molecule has 4 rings (SSSR count). The number of fused-ring (bicyclic) bond motifs is 1. The van der Waals surface area contributed by atoms with Gasteiger partial charge in [0, 0.05) is 42.2 Å². The highest BCUT2D eigenvalue weighted by molar-refractivity contribution is 6.30. The topological polar surface area (TPSA) is 97.2 Å². The number of ether oxygens (including phenoxy) is 1. The Kier molecular flexibility index (Phi) is 5.20. The Morgan fingerprint density at radius 2 is 1.87 bits per heavy atom. The molecule has 0 atom stereocenters. The lowest BCUT2D eigenvalue weighted by Gasteiger charge is -2.17. The van der Waals surface area contributed by atoms with Crippen molar-refractivity contribution >= 4 is 34.4 Å². The van der Waals surface area contributed by atoms with Gasteiger partial charge in [-0.1, -0.05) is 23.7 Å². The molecule has 7 nitrogen and oxygen atoms in total. The minimum Gasteiger partial charge on any atom is -0.494 e. The van der Waals surface area contributed by atoms with Crippen LogP contribution in [0.25, 0.3) is 33.2 Å². The molecule has 8 heteroatoms. The molecule has 0 amide bonds. The van der Waals surface area contributed by atoms with E-state index in [1.165, 1.54) is 0 Å². The van der Waals surface area contributed by atoms with E-state index in [4.69, 9.17) is 16.3 Å². The first-order valence-corrected chi connectivity index (χ1v) is 9.39. The summed E-state index contributed by atoms with van der Waals surface area (Å²) in [4.78, 5) is 24.4. The predicted octanol–water partition coefficient (Wildman–Crippen LogP) is 4.76. The molecule has 0 bridgehead atoms. The highest BCUT2D eigenvalue weighted by Gasteiger charge is 2.19. The average molecular weight is 421 g/mol. The summed E-state index contributed by atoms with van der Waals surface area (Å²) in [7, 11) is 3.32. The number of carboxylic acid groups (broad SMARTS) is 1. The van der Waals surface area contributed by atoms with E-state index in [0.29, 0.717) is 22.2 Å². The summed E-state index contributed by atoms with van der Waals surface area (Å²) in [6.07, 6.45) is 5.00. The number of hydrogen-bond acceptors (Lipinski definition) is 6. The molecule has 2 heterocycles. The number of hydrogen-bond donors (Lipinski definition) is 2. The third kappa shape index (κ3) is 3.51. The summed E-state index contributed by atoms with van der Waals surface area (Å²) in [5, 5.41) is 13.4. The molecule has 0 saturated heterocycles. The minimum absolute atomic E-state index is 0.208. The fourth-order valence-electron chi connectivity index (χ4n) is 3.32. The number of aromatic carboxylic acids is 1. The Morgan fingerprint density at radius 3 is 2.50 bits per heavy atom. The Hall–Kier alpha value is -3.71. The standard InChI is InChI=1S/C22H17ClN4O3/c1-24-22-26-11-17-19(14-7-15(23)10-25-9-14)16(8-18(30-2)20(17)27-22)12-3-5-13(6-4-12)21(28)29/h3-11H,1-2H3,(H,28,29)(H,24,26,27). The lowest BCUT2D eigenvalue weighted by molar-refractivity contribution is 0.0697. The van der Waals surface area contributed by atoms with E-state index in [9.17, 15) is 9.90 Å². The van der Waals surface area contributed by atoms with E-state index in [1.807, 2.05) is 12.1 Å². The number of methoxy groups -OCH3 is 1. The molecule has 2 aromatic carbocycles. The van der Waals surface area contributed by atoms with Crippen molar-refractivity contribution in [1.82, 2.24) is 15.0 Å². The molecule has 4 aromatic rings. The van der Waals surface area contributed by atoms with Gasteiger partial charge < -0.3 is 15.2 Å². The SMILES string of the molecule is CNc1ncc2c(-c3cncc(Cl)c3)c(-c3ccc(C(=O)O)cc3)cc(OC)c2n1. The fourth-order valence-corrected chi connectivity index (χ4v) is 3.50. The Bertz CT molecular complexity index is 1260. The van der Waals surface area contributed by atoms with Gasteiger partial charge in [-0.2, -0.15) is 0 Å². The summed E-state index contributed by atoms with van der Waals surface area (Å²) in [5.41, 5.74) is 4.09. The lowest BCUT2D eigenvalue weighted by atomic mass is 9.91. The van der Waals surface area contributed by atoms with Crippen molar-refractivity contribution < 1.29 is 14.6 Å². The van der Waals surface area contributed by atoms with Crippen molar-refractivity contribution in [3.8, 4) is 28.0 Å². The molecule has 2 aromatic heterocycles. The van der Waals surface area contributed by atoms with Crippen molar-refractivity contribution in [2.24, 2.45) is 0 Å². The maximum Gasteiger partial charge on any atom is 0.335 e. The number of aromatic nitrogens is 3. The van der Waals surface area contributed by atoms with Crippen molar-refractivity contribution in [3.05, 3.63) is 65.6 Å². The number of halogens is 1. The molecule has 30 heavy (non-hydrogen) atoms. The van der Waals surface area contributed by atoms with Gasteiger partial charge in [0.15, 0.2) is 0 Å². The summed E-state index contributed by atoms with van der Waals surface area (Å²) in [5.74, 6) is 0.0550. The fraction of sp³-hybridized carbons (Fsp3) is 0.0909. The van der Waals surface area contributed by atoms with E-state index in [2.05, 4.69) is 20.3 Å². The van der Waals surface area contributed by atoms with E-state index < -0.39 is 5.97 Å². The van der Waals surface area contributed by atoms with Crippen LogP contribution in [0.15, 0.2) is 55.0 Å². The van der Waals surface area contributed by atoms with Crippen LogP contribution in [0.2, 0.25) is 5.02 Å². The van der Waals surface area contributed by atoms with Gasteiger partial charge in [-0.05, 0) is 35.4 Å². The highest BCUT2D eigenvalue weighted by atomic mass is 35.5. The van der Waals surface area contributed by atoms with E-state index >= 15 is 0 Å². The second kappa shape index (κ2) is 7.96. The first kappa shape index (κ1) is 19.6. The van der Waals surface area contributed by atoms with Crippen LogP contribution in [-0.2, 0) is 0 Å². The predicted molar refractivity (Wildman–Crippen MR) is 116 cm³/mol. The first-order valence-electron chi connectivity index (χ1n) is 9.02. The van der Waals surface area contributed by atoms with Crippen LogP contribution in [0.4, 0.5) is 5.95 Å². The number of nitrogens with zero attached hydrogens (tertiary/aromatic N) is 3. The summed E-state index contributed by atoms with van der Waals surface area (Å²) in [6.45, 7) is 0. The van der Waals surface area contributed by atoms with Crippen molar-refractivity contribution in [2.45, 2.75) is 0 Å². The Balaban J connectivity index is 2.07. The van der Waals surface area contributed by atoms with Crippen LogP contribution in [0.3, 0.4) is 0 Å². The third-order valence-corrected chi connectivity index (χ3v) is 4.92. The van der Waals surface area contributed by atoms with Gasteiger partial charge in [-0.15, -0.1) is 0 Å². The zero-order valence-electron chi connectivity index (χ0n) is 16.2. The van der Waals surface area contributed by atoms with Crippen LogP contribution < -0.4 is 10.1 Å². The smallest absolute Gasteiger partial charge is 0.335 e. The number of anilines is 1. The van der Waals surface area contributed by atoms with Gasteiger partial charge in [-0.25, -0.2) is 14.8 Å². The van der Waals surface area contributed by atoms with Crippen LogP contribution in [-0.4, -0.2) is 40.2 Å². The van der Waals surface area contributed by atoms with Crippen LogP contribution in [0.1, 0.15) is 10.4 Å². The average Bonchev–Trinajstić information content (AvgIpc) is 2.77. The molecule has 0 spiro atoms. The zero-order valence-corrected chi connectivity index (χ0v) is 16.9. The second-order valence-electron chi connectivity index (χ2n) is 6.48. The number of carbonyl (C=O) groups is 1. The molecular formula is C22H17ClN4O3. The molecule has 0 fully saturated rings. The Labute approximate surface area is 177 Å². The molecule has 0 unspecified atom stereocenters. The Morgan fingerprint density at radius 1 is 1.10 bits per heavy atom. The van der Waals surface area contributed by atoms with Crippen LogP contribution in [0.5, 0.6) is 5.75 Å². The molecular weight excluding hydrogens is 404 g/mol. The lowest BCUT2D eigenvalue weighted by Crippen LogP contribution is -2.00. The normalized spacial score (nSPS) is 10.8.